The molecular weight excluding hydrogens is 288 g/mol. The van der Waals surface area contributed by atoms with Gasteiger partial charge in [-0.05, 0) is 31.2 Å². The molecule has 0 bridgehead atoms. The van der Waals surface area contributed by atoms with Crippen molar-refractivity contribution >= 4 is 11.6 Å². The molecule has 0 amide bonds. The normalized spacial score (nSPS) is 10.4. The lowest BCUT2D eigenvalue weighted by atomic mass is 10.2. The maximum Gasteiger partial charge on any atom is 0.179 e. The molecule has 1 aromatic heterocycles. The third kappa shape index (κ3) is 4.34. The van der Waals surface area contributed by atoms with Crippen molar-refractivity contribution in [1.82, 2.24) is 4.98 Å². The first-order chi connectivity index (χ1) is 10.2. The predicted octanol–water partition coefficient (Wildman–Crippen LogP) is 2.41. The number of quaternary nitrogens is 1. The van der Waals surface area contributed by atoms with E-state index >= 15 is 0 Å². The molecule has 0 spiro atoms. The minimum atomic E-state index is 0.559. The molecule has 2 N–H and O–H groups in total. The van der Waals surface area contributed by atoms with Crippen molar-refractivity contribution in [1.29, 1.82) is 0 Å². The molecule has 0 aliphatic heterocycles. The van der Waals surface area contributed by atoms with Crippen molar-refractivity contribution in [2.75, 3.05) is 13.7 Å². The average Bonchev–Trinajstić information content (AvgIpc) is 2.51. The smallest absolute Gasteiger partial charge is 0.179 e. The largest absolute Gasteiger partial charge is 0.493 e. The van der Waals surface area contributed by atoms with Gasteiger partial charge in [0, 0.05) is 23.5 Å². The maximum atomic E-state index is 6.26. The number of methoxy groups -OCH3 is 1. The van der Waals surface area contributed by atoms with Crippen LogP contribution in [0.4, 0.5) is 0 Å². The Kier molecular flexibility index (Phi) is 5.84. The number of hydrogen-bond acceptors (Lipinski definition) is 3. The molecule has 112 valence electrons. The number of nitrogens with zero attached hydrogens (tertiary/aromatic N) is 1. The second-order valence-electron chi connectivity index (χ2n) is 4.59. The number of hydrogen-bond donors (Lipinski definition) is 1. The van der Waals surface area contributed by atoms with Crippen LogP contribution in [0.15, 0.2) is 36.7 Å². The lowest BCUT2D eigenvalue weighted by Crippen LogP contribution is -2.80. The highest BCUT2D eigenvalue weighted by Gasteiger charge is 2.12. The molecule has 2 rings (SSSR count). The molecule has 2 aromatic rings. The lowest BCUT2D eigenvalue weighted by Gasteiger charge is -2.12. The zero-order valence-electron chi connectivity index (χ0n) is 12.3. The van der Waals surface area contributed by atoms with Crippen molar-refractivity contribution < 1.29 is 14.8 Å². The van der Waals surface area contributed by atoms with Crippen LogP contribution in [0.25, 0.3) is 0 Å². The number of nitrogens with two attached hydrogens (primary N) is 1. The molecule has 0 saturated heterocycles. The van der Waals surface area contributed by atoms with Gasteiger partial charge in [0.1, 0.15) is 13.1 Å². The van der Waals surface area contributed by atoms with E-state index in [9.17, 15) is 0 Å². The molecule has 1 heterocycles. The van der Waals surface area contributed by atoms with Crippen LogP contribution in [0.3, 0.4) is 0 Å². The summed E-state index contributed by atoms with van der Waals surface area (Å²) in [4.78, 5) is 4.01. The van der Waals surface area contributed by atoms with Gasteiger partial charge in [0.2, 0.25) is 0 Å². The number of pyridine rings is 1. The highest BCUT2D eigenvalue weighted by molar-refractivity contribution is 6.32. The third-order valence-corrected chi connectivity index (χ3v) is 3.37. The summed E-state index contributed by atoms with van der Waals surface area (Å²) in [6, 6.07) is 7.93. The summed E-state index contributed by atoms with van der Waals surface area (Å²) in [6.45, 7) is 4.20. The van der Waals surface area contributed by atoms with E-state index in [0.29, 0.717) is 23.1 Å². The zero-order chi connectivity index (χ0) is 15.1. The van der Waals surface area contributed by atoms with Crippen LogP contribution in [0, 0.1) is 0 Å². The second kappa shape index (κ2) is 7.86. The summed E-state index contributed by atoms with van der Waals surface area (Å²) in [6.07, 6.45) is 3.61. The van der Waals surface area contributed by atoms with Crippen LogP contribution in [0.1, 0.15) is 18.1 Å². The number of aromatic nitrogens is 1. The second-order valence-corrected chi connectivity index (χ2v) is 5.00. The van der Waals surface area contributed by atoms with Gasteiger partial charge >= 0.3 is 0 Å². The van der Waals surface area contributed by atoms with E-state index in [4.69, 9.17) is 21.1 Å². The van der Waals surface area contributed by atoms with E-state index in [1.165, 1.54) is 5.56 Å². The molecule has 0 unspecified atom stereocenters. The quantitative estimate of drug-likeness (QED) is 0.854. The fourth-order valence-electron chi connectivity index (χ4n) is 2.10. The van der Waals surface area contributed by atoms with Crippen molar-refractivity contribution in [3.8, 4) is 11.5 Å². The molecule has 0 fully saturated rings. The monoisotopic (exact) mass is 307 g/mol. The van der Waals surface area contributed by atoms with Crippen LogP contribution < -0.4 is 14.8 Å². The molecular formula is C16H20ClN2O2+. The first-order valence-corrected chi connectivity index (χ1v) is 7.32. The van der Waals surface area contributed by atoms with Crippen LogP contribution in [-0.2, 0) is 13.1 Å². The Morgan fingerprint density at radius 3 is 2.52 bits per heavy atom. The Labute approximate surface area is 130 Å². The Bertz CT molecular complexity index is 576. The van der Waals surface area contributed by atoms with E-state index in [2.05, 4.69) is 10.3 Å². The third-order valence-electron chi connectivity index (χ3n) is 3.09. The topological polar surface area (TPSA) is 48.0 Å². The van der Waals surface area contributed by atoms with Gasteiger partial charge in [0.15, 0.2) is 11.5 Å². The van der Waals surface area contributed by atoms with E-state index in [-0.39, 0.29) is 0 Å². The Morgan fingerprint density at radius 1 is 1.14 bits per heavy atom. The number of benzene rings is 1. The first-order valence-electron chi connectivity index (χ1n) is 6.94. The van der Waals surface area contributed by atoms with Crippen LogP contribution >= 0.6 is 11.6 Å². The maximum absolute atomic E-state index is 6.26. The molecule has 4 nitrogen and oxygen atoms in total. The number of halogens is 1. The van der Waals surface area contributed by atoms with Crippen molar-refractivity contribution in [2.24, 2.45) is 0 Å². The van der Waals surface area contributed by atoms with Gasteiger partial charge in [-0.2, -0.15) is 0 Å². The van der Waals surface area contributed by atoms with Gasteiger partial charge in [-0.1, -0.05) is 11.6 Å². The molecule has 0 aliphatic rings. The summed E-state index contributed by atoms with van der Waals surface area (Å²) in [5.74, 6) is 1.29. The molecule has 0 radical (unpaired) electrons. The van der Waals surface area contributed by atoms with E-state index in [1.807, 2.05) is 31.2 Å². The highest BCUT2D eigenvalue weighted by Crippen LogP contribution is 2.36. The molecule has 0 saturated carbocycles. The van der Waals surface area contributed by atoms with Gasteiger partial charge < -0.3 is 14.8 Å². The Morgan fingerprint density at radius 2 is 1.86 bits per heavy atom. The number of ether oxygens (including phenoxy) is 2. The van der Waals surface area contributed by atoms with Gasteiger partial charge in [0.05, 0.1) is 18.7 Å². The minimum absolute atomic E-state index is 0.559. The van der Waals surface area contributed by atoms with Gasteiger partial charge in [-0.3, -0.25) is 4.98 Å². The lowest BCUT2D eigenvalue weighted by molar-refractivity contribution is -0.686. The standard InChI is InChI=1S/C16H19ClN2O2/c1-3-21-16-14(17)8-13(9-15(16)20-2)11-19-10-12-4-6-18-7-5-12/h4-9,19H,3,10-11H2,1-2H3/p+1. The Balaban J connectivity index is 2.02. The van der Waals surface area contributed by atoms with Gasteiger partial charge in [-0.25, -0.2) is 0 Å². The highest BCUT2D eigenvalue weighted by atomic mass is 35.5. The summed E-state index contributed by atoms with van der Waals surface area (Å²) in [5.41, 5.74) is 2.35. The summed E-state index contributed by atoms with van der Waals surface area (Å²) in [5, 5.41) is 2.80. The van der Waals surface area contributed by atoms with E-state index < -0.39 is 0 Å². The van der Waals surface area contributed by atoms with Crippen molar-refractivity contribution in [2.45, 2.75) is 20.0 Å². The SMILES string of the molecule is CCOc1c(Cl)cc(C[NH2+]Cc2ccncc2)cc1OC. The van der Waals surface area contributed by atoms with Gasteiger partial charge in [0.25, 0.3) is 0 Å². The predicted molar refractivity (Wildman–Crippen MR) is 82.7 cm³/mol. The van der Waals surface area contributed by atoms with Crippen molar-refractivity contribution in [3.05, 3.63) is 52.8 Å². The van der Waals surface area contributed by atoms with Crippen LogP contribution in [-0.4, -0.2) is 18.7 Å². The fourth-order valence-corrected chi connectivity index (χ4v) is 2.39. The van der Waals surface area contributed by atoms with E-state index in [0.717, 1.165) is 18.7 Å². The summed E-state index contributed by atoms with van der Waals surface area (Å²) < 4.78 is 10.9. The van der Waals surface area contributed by atoms with Gasteiger partial charge in [-0.15, -0.1) is 0 Å². The average molecular weight is 308 g/mol. The summed E-state index contributed by atoms with van der Waals surface area (Å²) in [7, 11) is 1.62. The molecule has 5 heteroatoms. The molecule has 0 atom stereocenters. The molecule has 0 aliphatic carbocycles. The summed E-state index contributed by atoms with van der Waals surface area (Å²) >= 11 is 6.26. The molecule has 1 aromatic carbocycles. The zero-order valence-corrected chi connectivity index (χ0v) is 13.1. The van der Waals surface area contributed by atoms with E-state index in [1.54, 1.807) is 19.5 Å². The number of rotatable bonds is 7. The minimum Gasteiger partial charge on any atom is -0.493 e. The first kappa shape index (κ1) is 15.6. The fraction of sp³-hybridized carbons (Fsp3) is 0.312. The molecule has 21 heavy (non-hydrogen) atoms. The van der Waals surface area contributed by atoms with Crippen LogP contribution in [0.5, 0.6) is 11.5 Å². The Hall–Kier alpha value is -1.78. The van der Waals surface area contributed by atoms with Crippen molar-refractivity contribution in [3.63, 3.8) is 0 Å². The van der Waals surface area contributed by atoms with Crippen LogP contribution in [0.2, 0.25) is 5.02 Å².